The van der Waals surface area contributed by atoms with Crippen molar-refractivity contribution in [2.24, 2.45) is 5.73 Å². The van der Waals surface area contributed by atoms with Crippen molar-refractivity contribution in [1.82, 2.24) is 4.90 Å². The third kappa shape index (κ3) is 6.37. The van der Waals surface area contributed by atoms with E-state index >= 15 is 0 Å². The van der Waals surface area contributed by atoms with E-state index in [1.54, 1.807) is 26.3 Å². The topological polar surface area (TPSA) is 84.7 Å². The summed E-state index contributed by atoms with van der Waals surface area (Å²) in [6.45, 7) is 0.547. The normalized spacial score (nSPS) is 11.8. The van der Waals surface area contributed by atoms with Crippen LogP contribution in [0.2, 0.25) is 0 Å². The zero-order chi connectivity index (χ0) is 15.7. The second kappa shape index (κ2) is 9.10. The van der Waals surface area contributed by atoms with Crippen LogP contribution in [0.5, 0.6) is 0 Å². The molecule has 1 atom stereocenters. The summed E-state index contributed by atoms with van der Waals surface area (Å²) in [4.78, 5) is 25.2. The van der Waals surface area contributed by atoms with Gasteiger partial charge in [0.25, 0.3) is 0 Å². The van der Waals surface area contributed by atoms with Crippen LogP contribution in [0.3, 0.4) is 0 Å². The molecule has 3 N–H and O–H groups in total. The number of anilines is 1. The first-order chi connectivity index (χ1) is 10.0. The number of ether oxygens (including phenoxy) is 1. The molecule has 0 aliphatic rings. The standard InChI is InChI=1S/C15H23N3O3/c1-18(15(20)13(16)9-6-10-21-2)11-14(19)17-12-7-4-3-5-8-12/h3-5,7-8,13H,6,9-11,16H2,1-2H3,(H,17,19). The van der Waals surface area contributed by atoms with E-state index in [2.05, 4.69) is 5.32 Å². The zero-order valence-corrected chi connectivity index (χ0v) is 12.5. The Hall–Kier alpha value is -1.92. The Balaban J connectivity index is 2.39. The minimum Gasteiger partial charge on any atom is -0.385 e. The van der Waals surface area contributed by atoms with E-state index in [0.717, 1.165) is 0 Å². The molecule has 6 heteroatoms. The van der Waals surface area contributed by atoms with Gasteiger partial charge in [-0.1, -0.05) is 18.2 Å². The third-order valence-electron chi connectivity index (χ3n) is 3.00. The monoisotopic (exact) mass is 293 g/mol. The highest BCUT2D eigenvalue weighted by Gasteiger charge is 2.19. The molecule has 1 aromatic rings. The van der Waals surface area contributed by atoms with Gasteiger partial charge in [0.2, 0.25) is 11.8 Å². The number of hydrogen-bond donors (Lipinski definition) is 2. The van der Waals surface area contributed by atoms with E-state index in [1.165, 1.54) is 4.90 Å². The maximum Gasteiger partial charge on any atom is 0.243 e. The molecule has 21 heavy (non-hydrogen) atoms. The number of likely N-dealkylation sites (N-methyl/N-ethyl adjacent to an activating group) is 1. The van der Waals surface area contributed by atoms with Gasteiger partial charge in [-0.25, -0.2) is 0 Å². The fourth-order valence-corrected chi connectivity index (χ4v) is 1.87. The van der Waals surface area contributed by atoms with Crippen LogP contribution in [0.25, 0.3) is 0 Å². The van der Waals surface area contributed by atoms with Crippen molar-refractivity contribution in [2.75, 3.05) is 32.6 Å². The van der Waals surface area contributed by atoms with Crippen LogP contribution >= 0.6 is 0 Å². The highest BCUT2D eigenvalue weighted by atomic mass is 16.5. The lowest BCUT2D eigenvalue weighted by atomic mass is 10.1. The van der Waals surface area contributed by atoms with Gasteiger partial charge in [-0.3, -0.25) is 9.59 Å². The number of nitrogens with one attached hydrogen (secondary N) is 1. The van der Waals surface area contributed by atoms with Gasteiger partial charge in [0.1, 0.15) is 0 Å². The zero-order valence-electron chi connectivity index (χ0n) is 12.5. The van der Waals surface area contributed by atoms with Crippen LogP contribution in [0.4, 0.5) is 5.69 Å². The molecule has 0 aliphatic carbocycles. The smallest absolute Gasteiger partial charge is 0.243 e. The van der Waals surface area contributed by atoms with E-state index in [0.29, 0.717) is 25.1 Å². The number of methoxy groups -OCH3 is 1. The Morgan fingerprint density at radius 1 is 1.33 bits per heavy atom. The van der Waals surface area contributed by atoms with Gasteiger partial charge < -0.3 is 20.7 Å². The van der Waals surface area contributed by atoms with Gasteiger partial charge in [-0.05, 0) is 25.0 Å². The van der Waals surface area contributed by atoms with Crippen molar-refractivity contribution < 1.29 is 14.3 Å². The van der Waals surface area contributed by atoms with E-state index in [9.17, 15) is 9.59 Å². The van der Waals surface area contributed by atoms with Gasteiger partial charge in [0.05, 0.1) is 12.6 Å². The number of carbonyl (C=O) groups is 2. The number of nitrogens with two attached hydrogens (primary N) is 1. The van der Waals surface area contributed by atoms with Crippen molar-refractivity contribution in [1.29, 1.82) is 0 Å². The summed E-state index contributed by atoms with van der Waals surface area (Å²) in [5.41, 5.74) is 6.51. The molecule has 1 aromatic carbocycles. The number of para-hydroxylation sites is 1. The predicted molar refractivity (Wildman–Crippen MR) is 81.8 cm³/mol. The minimum atomic E-state index is -0.602. The van der Waals surface area contributed by atoms with Crippen LogP contribution in [0.1, 0.15) is 12.8 Å². The van der Waals surface area contributed by atoms with Crippen LogP contribution in [-0.2, 0) is 14.3 Å². The summed E-state index contributed by atoms with van der Waals surface area (Å²) < 4.78 is 4.92. The molecule has 0 aromatic heterocycles. The summed E-state index contributed by atoms with van der Waals surface area (Å²) in [5, 5.41) is 2.73. The molecule has 0 saturated heterocycles. The number of carbonyl (C=O) groups excluding carboxylic acids is 2. The molecular weight excluding hydrogens is 270 g/mol. The van der Waals surface area contributed by atoms with Crippen molar-refractivity contribution in [3.05, 3.63) is 30.3 Å². The largest absolute Gasteiger partial charge is 0.385 e. The molecule has 0 bridgehead atoms. The molecule has 2 amide bonds. The first kappa shape index (κ1) is 17.1. The number of amides is 2. The Morgan fingerprint density at radius 2 is 2.00 bits per heavy atom. The lowest BCUT2D eigenvalue weighted by Gasteiger charge is -2.20. The molecular formula is C15H23N3O3. The average molecular weight is 293 g/mol. The molecule has 0 radical (unpaired) electrons. The number of rotatable bonds is 8. The second-order valence-electron chi connectivity index (χ2n) is 4.85. The van der Waals surface area contributed by atoms with E-state index in [1.807, 2.05) is 18.2 Å². The van der Waals surface area contributed by atoms with E-state index in [4.69, 9.17) is 10.5 Å². The number of hydrogen-bond acceptors (Lipinski definition) is 4. The second-order valence-corrected chi connectivity index (χ2v) is 4.85. The van der Waals surface area contributed by atoms with Crippen molar-refractivity contribution in [3.8, 4) is 0 Å². The molecule has 0 fully saturated rings. The molecule has 1 rings (SSSR count). The highest BCUT2D eigenvalue weighted by Crippen LogP contribution is 2.05. The average Bonchev–Trinajstić information content (AvgIpc) is 2.47. The lowest BCUT2D eigenvalue weighted by molar-refractivity contribution is -0.134. The Morgan fingerprint density at radius 3 is 2.62 bits per heavy atom. The Bertz CT molecular complexity index is 451. The van der Waals surface area contributed by atoms with Crippen LogP contribution in [0, 0.1) is 0 Å². The quantitative estimate of drug-likeness (QED) is 0.696. The summed E-state index contributed by atoms with van der Waals surface area (Å²) in [6.07, 6.45) is 1.25. The Labute approximate surface area is 125 Å². The highest BCUT2D eigenvalue weighted by molar-refractivity contribution is 5.95. The van der Waals surface area contributed by atoms with Crippen LogP contribution < -0.4 is 11.1 Å². The first-order valence-electron chi connectivity index (χ1n) is 6.89. The lowest BCUT2D eigenvalue weighted by Crippen LogP contribution is -2.44. The van der Waals surface area contributed by atoms with Gasteiger partial charge in [-0.2, -0.15) is 0 Å². The van der Waals surface area contributed by atoms with Crippen LogP contribution in [-0.4, -0.2) is 50.1 Å². The molecule has 0 saturated carbocycles. The molecule has 116 valence electrons. The third-order valence-corrected chi connectivity index (χ3v) is 3.00. The van der Waals surface area contributed by atoms with Crippen molar-refractivity contribution in [2.45, 2.75) is 18.9 Å². The predicted octanol–water partition coefficient (Wildman–Crippen LogP) is 0.837. The molecule has 0 spiro atoms. The van der Waals surface area contributed by atoms with Gasteiger partial charge >= 0.3 is 0 Å². The fraction of sp³-hybridized carbons (Fsp3) is 0.467. The van der Waals surface area contributed by atoms with E-state index in [-0.39, 0.29) is 18.4 Å². The molecule has 6 nitrogen and oxygen atoms in total. The summed E-state index contributed by atoms with van der Waals surface area (Å²) in [6, 6.07) is 8.50. The SMILES string of the molecule is COCCCC(N)C(=O)N(C)CC(=O)Nc1ccccc1. The molecule has 0 aliphatic heterocycles. The molecule has 1 unspecified atom stereocenters. The van der Waals surface area contributed by atoms with Gasteiger partial charge in [0, 0.05) is 26.5 Å². The number of benzene rings is 1. The number of nitrogens with zero attached hydrogens (tertiary/aromatic N) is 1. The minimum absolute atomic E-state index is 0.0221. The Kier molecular flexibility index (Phi) is 7.42. The fourth-order valence-electron chi connectivity index (χ4n) is 1.87. The van der Waals surface area contributed by atoms with Crippen molar-refractivity contribution >= 4 is 17.5 Å². The van der Waals surface area contributed by atoms with Crippen molar-refractivity contribution in [3.63, 3.8) is 0 Å². The van der Waals surface area contributed by atoms with Gasteiger partial charge in [0.15, 0.2) is 0 Å². The maximum absolute atomic E-state index is 12.0. The summed E-state index contributed by atoms with van der Waals surface area (Å²) in [5.74, 6) is -0.490. The van der Waals surface area contributed by atoms with E-state index < -0.39 is 6.04 Å². The summed E-state index contributed by atoms with van der Waals surface area (Å²) in [7, 11) is 3.18. The molecule has 0 heterocycles. The first-order valence-corrected chi connectivity index (χ1v) is 6.89. The van der Waals surface area contributed by atoms with Gasteiger partial charge in [-0.15, -0.1) is 0 Å². The maximum atomic E-state index is 12.0. The summed E-state index contributed by atoms with van der Waals surface area (Å²) >= 11 is 0. The van der Waals surface area contributed by atoms with Crippen LogP contribution in [0.15, 0.2) is 30.3 Å².